The van der Waals surface area contributed by atoms with E-state index < -0.39 is 97.5 Å². The van der Waals surface area contributed by atoms with E-state index in [4.69, 9.17) is 37.0 Å². The third kappa shape index (κ3) is 62.0. The van der Waals surface area contributed by atoms with E-state index in [1.807, 2.05) is 0 Å². The van der Waals surface area contributed by atoms with Gasteiger partial charge in [-0.25, -0.2) is 9.13 Å². The molecule has 0 amide bonds. The molecule has 0 aromatic carbocycles. The Morgan fingerprint density at radius 1 is 0.315 bits per heavy atom. The number of aliphatic hydroxyl groups is 1. The molecule has 3 N–H and O–H groups in total. The molecule has 7 atom stereocenters. The van der Waals surface area contributed by atoms with Gasteiger partial charge in [0.05, 0.1) is 26.4 Å². The number of carbonyl (C=O) groups is 4. The van der Waals surface area contributed by atoms with E-state index in [1.54, 1.807) is 0 Å². The van der Waals surface area contributed by atoms with Gasteiger partial charge in [-0.05, 0) is 49.4 Å². The van der Waals surface area contributed by atoms with E-state index >= 15 is 0 Å². The zero-order valence-corrected chi connectivity index (χ0v) is 59.8. The number of hydrogen-bond acceptors (Lipinski definition) is 15. The molecule has 0 saturated heterocycles. The largest absolute Gasteiger partial charge is 0.472 e. The van der Waals surface area contributed by atoms with Crippen LogP contribution in [0.3, 0.4) is 0 Å². The summed E-state index contributed by atoms with van der Waals surface area (Å²) in [6.07, 6.45) is 41.6. The van der Waals surface area contributed by atoms with Crippen LogP contribution in [0.25, 0.3) is 0 Å². The summed E-state index contributed by atoms with van der Waals surface area (Å²) in [5.41, 5.74) is 0. The molecule has 0 aliphatic carbocycles. The number of esters is 4. The zero-order valence-electron chi connectivity index (χ0n) is 58.1. The smallest absolute Gasteiger partial charge is 0.462 e. The molecule has 0 aromatic rings. The molecule has 17 nitrogen and oxygen atoms in total. The molecule has 0 bridgehead atoms. The van der Waals surface area contributed by atoms with E-state index in [9.17, 15) is 43.2 Å². The van der Waals surface area contributed by atoms with Gasteiger partial charge in [0.1, 0.15) is 19.3 Å². The second kappa shape index (κ2) is 59.8. The predicted octanol–water partition coefficient (Wildman–Crippen LogP) is 19.7. The third-order valence-corrected chi connectivity index (χ3v) is 18.7. The van der Waals surface area contributed by atoms with Crippen LogP contribution in [0, 0.1) is 23.7 Å². The van der Waals surface area contributed by atoms with Crippen LogP contribution in [-0.4, -0.2) is 96.7 Å². The maximum absolute atomic E-state index is 13.0. The normalized spacial score (nSPS) is 14.9. The molecule has 0 heterocycles. The maximum atomic E-state index is 13.0. The standard InChI is InChI=1S/C70H136O17P2/c1-9-62(7)48-40-32-24-20-21-27-37-45-53-70(75)87-66(57-81-68(73)51-43-35-29-28-33-41-49-63(8)10-2)59-85-89(78,79)83-55-64(71)54-82-88(76,77)84-58-65(86-69(74)52-44-36-26-19-15-17-23-31-39-47-61(5)6)56-80-67(72)50-42-34-25-18-14-12-11-13-16-22-30-38-46-60(3)4/h60-66,71H,9-59H2,1-8H3,(H,76,77)(H,78,79)/t62?,63?,64-,65-,66-/m1/s1. The van der Waals surface area contributed by atoms with E-state index in [1.165, 1.54) is 141 Å². The summed E-state index contributed by atoms with van der Waals surface area (Å²) >= 11 is 0. The van der Waals surface area contributed by atoms with Crippen LogP contribution < -0.4 is 0 Å². The van der Waals surface area contributed by atoms with Gasteiger partial charge in [-0.15, -0.1) is 0 Å². The summed E-state index contributed by atoms with van der Waals surface area (Å²) in [6, 6.07) is 0. The van der Waals surface area contributed by atoms with Crippen molar-refractivity contribution in [2.45, 2.75) is 363 Å². The molecule has 0 aliphatic rings. The second-order valence-electron chi connectivity index (χ2n) is 26.7. The highest BCUT2D eigenvalue weighted by molar-refractivity contribution is 7.47. The van der Waals surface area contributed by atoms with Gasteiger partial charge in [0.25, 0.3) is 0 Å². The van der Waals surface area contributed by atoms with E-state index in [0.29, 0.717) is 25.7 Å². The molecule has 0 aromatic heterocycles. The molecule has 19 heteroatoms. The second-order valence-corrected chi connectivity index (χ2v) is 29.6. The van der Waals surface area contributed by atoms with Crippen LogP contribution >= 0.6 is 15.6 Å². The predicted molar refractivity (Wildman–Crippen MR) is 358 cm³/mol. The fourth-order valence-electron chi connectivity index (χ4n) is 10.4. The number of unbranched alkanes of at least 4 members (excludes halogenated alkanes) is 31. The first-order chi connectivity index (χ1) is 42.7. The molecule has 0 aliphatic heterocycles. The molecular weight excluding hydrogens is 1170 g/mol. The van der Waals surface area contributed by atoms with Gasteiger partial charge < -0.3 is 33.8 Å². The molecule has 89 heavy (non-hydrogen) atoms. The average molecular weight is 1310 g/mol. The molecule has 0 spiro atoms. The first-order valence-electron chi connectivity index (χ1n) is 36.3. The van der Waals surface area contributed by atoms with Crippen molar-refractivity contribution < 1.29 is 80.2 Å². The molecule has 0 rings (SSSR count). The van der Waals surface area contributed by atoms with Gasteiger partial charge in [-0.3, -0.25) is 37.3 Å². The van der Waals surface area contributed by atoms with Gasteiger partial charge in [-0.2, -0.15) is 0 Å². The number of hydrogen-bond donors (Lipinski definition) is 3. The van der Waals surface area contributed by atoms with Gasteiger partial charge in [0.2, 0.25) is 0 Å². The Kier molecular flexibility index (Phi) is 58.5. The van der Waals surface area contributed by atoms with Crippen molar-refractivity contribution in [3.8, 4) is 0 Å². The summed E-state index contributed by atoms with van der Waals surface area (Å²) in [5.74, 6) is 0.887. The number of carbonyl (C=O) groups excluding carboxylic acids is 4. The summed E-state index contributed by atoms with van der Waals surface area (Å²) in [5, 5.41) is 10.6. The van der Waals surface area contributed by atoms with E-state index in [-0.39, 0.29) is 25.7 Å². The first kappa shape index (κ1) is 87.1. The number of phosphoric acid groups is 2. The number of phosphoric ester groups is 2. The molecule has 0 radical (unpaired) electrons. The first-order valence-corrected chi connectivity index (χ1v) is 39.3. The monoisotopic (exact) mass is 1310 g/mol. The highest BCUT2D eigenvalue weighted by Crippen LogP contribution is 2.45. The van der Waals surface area contributed by atoms with Gasteiger partial charge in [-0.1, -0.05) is 293 Å². The summed E-state index contributed by atoms with van der Waals surface area (Å²) in [7, 11) is -9.90. The fraction of sp³-hybridized carbons (Fsp3) is 0.943. The van der Waals surface area contributed by atoms with Crippen LogP contribution in [0.5, 0.6) is 0 Å². The Balaban J connectivity index is 5.26. The Morgan fingerprint density at radius 3 is 0.798 bits per heavy atom. The SMILES string of the molecule is CCC(C)CCCCCCCCCCC(=O)O[C@H](COC(=O)CCCCCCCCC(C)CC)COP(=O)(O)OC[C@H](O)COP(=O)(O)OC[C@@H](COC(=O)CCCCCCCCCCCCCCC(C)C)OC(=O)CCCCCCCCCCCC(C)C. The number of aliphatic hydroxyl groups excluding tert-OH is 1. The minimum Gasteiger partial charge on any atom is -0.462 e. The zero-order chi connectivity index (χ0) is 66.1. The molecule has 0 saturated carbocycles. The molecule has 4 unspecified atom stereocenters. The Labute approximate surface area is 543 Å². The topological polar surface area (TPSA) is 237 Å². The van der Waals surface area contributed by atoms with E-state index in [2.05, 4.69) is 55.4 Å². The van der Waals surface area contributed by atoms with Crippen molar-refractivity contribution in [2.75, 3.05) is 39.6 Å². The van der Waals surface area contributed by atoms with Gasteiger partial charge >= 0.3 is 39.5 Å². The summed E-state index contributed by atoms with van der Waals surface area (Å²) in [6.45, 7) is 14.1. The Hall–Kier alpha value is -1.94. The Morgan fingerprint density at radius 2 is 0.539 bits per heavy atom. The van der Waals surface area contributed by atoms with Crippen LogP contribution in [0.4, 0.5) is 0 Å². The lowest BCUT2D eigenvalue weighted by molar-refractivity contribution is -0.161. The Bertz CT molecular complexity index is 1770. The fourth-order valence-corrected chi connectivity index (χ4v) is 12.0. The van der Waals surface area contributed by atoms with Gasteiger partial charge in [0, 0.05) is 25.7 Å². The van der Waals surface area contributed by atoms with Crippen LogP contribution in [0.15, 0.2) is 0 Å². The average Bonchev–Trinajstić information content (AvgIpc) is 3.57. The van der Waals surface area contributed by atoms with Crippen LogP contribution in [0.2, 0.25) is 0 Å². The lowest BCUT2D eigenvalue weighted by Gasteiger charge is -2.21. The van der Waals surface area contributed by atoms with Crippen molar-refractivity contribution in [1.29, 1.82) is 0 Å². The highest BCUT2D eigenvalue weighted by Gasteiger charge is 2.30. The molecule has 0 fully saturated rings. The molecular formula is C70H136O17P2. The summed E-state index contributed by atoms with van der Waals surface area (Å²) in [4.78, 5) is 72.5. The van der Waals surface area contributed by atoms with Gasteiger partial charge in [0.15, 0.2) is 12.2 Å². The van der Waals surface area contributed by atoms with Crippen molar-refractivity contribution in [3.05, 3.63) is 0 Å². The summed E-state index contributed by atoms with van der Waals surface area (Å²) < 4.78 is 68.3. The minimum atomic E-state index is -4.95. The third-order valence-electron chi connectivity index (χ3n) is 16.8. The lowest BCUT2D eigenvalue weighted by Crippen LogP contribution is -2.30. The van der Waals surface area contributed by atoms with Crippen molar-refractivity contribution in [2.24, 2.45) is 23.7 Å². The van der Waals surface area contributed by atoms with Crippen LogP contribution in [0.1, 0.15) is 344 Å². The minimum absolute atomic E-state index is 0.104. The molecule has 528 valence electrons. The lowest BCUT2D eigenvalue weighted by atomic mass is 9.99. The van der Waals surface area contributed by atoms with Crippen molar-refractivity contribution >= 4 is 39.5 Å². The highest BCUT2D eigenvalue weighted by atomic mass is 31.2. The maximum Gasteiger partial charge on any atom is 0.472 e. The number of ether oxygens (including phenoxy) is 4. The number of rotatable bonds is 67. The van der Waals surface area contributed by atoms with Crippen molar-refractivity contribution in [1.82, 2.24) is 0 Å². The van der Waals surface area contributed by atoms with Crippen LogP contribution in [-0.2, 0) is 65.4 Å². The van der Waals surface area contributed by atoms with Crippen molar-refractivity contribution in [3.63, 3.8) is 0 Å². The van der Waals surface area contributed by atoms with E-state index in [0.717, 1.165) is 120 Å². The quantitative estimate of drug-likeness (QED) is 0.0222.